The predicted molar refractivity (Wildman–Crippen MR) is 69.1 cm³/mol. The molecule has 0 unspecified atom stereocenters. The summed E-state index contributed by atoms with van der Waals surface area (Å²) in [5.41, 5.74) is 5.39. The van der Waals surface area contributed by atoms with Crippen molar-refractivity contribution in [3.8, 4) is 0 Å². The minimum absolute atomic E-state index is 0.503. The van der Waals surface area contributed by atoms with Crippen LogP contribution in [0.2, 0.25) is 0 Å². The van der Waals surface area contributed by atoms with Gasteiger partial charge in [-0.2, -0.15) is 0 Å². The van der Waals surface area contributed by atoms with Crippen LogP contribution in [0.5, 0.6) is 0 Å². The molecule has 0 aliphatic carbocycles. The predicted octanol–water partition coefficient (Wildman–Crippen LogP) is 0.144. The zero-order valence-corrected chi connectivity index (χ0v) is 10.7. The van der Waals surface area contributed by atoms with Crippen LogP contribution in [0.15, 0.2) is 4.99 Å². The summed E-state index contributed by atoms with van der Waals surface area (Å²) in [5.74, 6) is -0.132. The number of aliphatic carboxylic acids is 1. The van der Waals surface area contributed by atoms with Crippen LogP contribution in [0.4, 0.5) is 0 Å². The molecule has 0 radical (unpaired) electrons. The van der Waals surface area contributed by atoms with E-state index in [-0.39, 0.29) is 0 Å². The molecular formula is C11H24N4O2. The Morgan fingerprint density at radius 2 is 1.88 bits per heavy atom. The van der Waals surface area contributed by atoms with Gasteiger partial charge in [-0.15, -0.1) is 0 Å². The summed E-state index contributed by atoms with van der Waals surface area (Å²) in [6, 6.07) is -0.749. The van der Waals surface area contributed by atoms with Gasteiger partial charge >= 0.3 is 5.97 Å². The summed E-state index contributed by atoms with van der Waals surface area (Å²) in [4.78, 5) is 14.8. The highest BCUT2D eigenvalue weighted by Crippen LogP contribution is 1.99. The lowest BCUT2D eigenvalue weighted by Crippen LogP contribution is -2.37. The van der Waals surface area contributed by atoms with Crippen LogP contribution in [-0.4, -0.2) is 42.7 Å². The van der Waals surface area contributed by atoms with Gasteiger partial charge < -0.3 is 21.5 Å². The largest absolute Gasteiger partial charge is 0.480 e. The number of carboxylic acid groups (broad SMARTS) is 1. The number of guanidine groups is 1. The summed E-state index contributed by atoms with van der Waals surface area (Å²) in [7, 11) is 0. The number of carbonyl (C=O) groups is 1. The van der Waals surface area contributed by atoms with Crippen molar-refractivity contribution >= 4 is 11.9 Å². The minimum atomic E-state index is -0.936. The molecule has 6 nitrogen and oxygen atoms in total. The molecule has 0 fully saturated rings. The van der Waals surface area contributed by atoms with Crippen molar-refractivity contribution in [2.75, 3.05) is 19.6 Å². The molecule has 1 atom stereocenters. The van der Waals surface area contributed by atoms with Gasteiger partial charge in [-0.25, -0.2) is 0 Å². The summed E-state index contributed by atoms with van der Waals surface area (Å²) >= 11 is 0. The van der Waals surface area contributed by atoms with E-state index in [1.54, 1.807) is 0 Å². The van der Waals surface area contributed by atoms with E-state index in [0.717, 1.165) is 31.9 Å². The van der Waals surface area contributed by atoms with E-state index in [9.17, 15) is 4.79 Å². The second-order valence-electron chi connectivity index (χ2n) is 3.73. The smallest absolute Gasteiger partial charge is 0.320 e. The lowest BCUT2D eigenvalue weighted by molar-refractivity contribution is -0.138. The van der Waals surface area contributed by atoms with Gasteiger partial charge in [0, 0.05) is 19.6 Å². The van der Waals surface area contributed by atoms with Gasteiger partial charge in [0.05, 0.1) is 0 Å². The highest BCUT2D eigenvalue weighted by molar-refractivity contribution is 5.79. The molecule has 0 amide bonds. The number of hydrogen-bond acceptors (Lipinski definition) is 3. The molecule has 0 saturated carbocycles. The molecule has 0 rings (SSSR count). The van der Waals surface area contributed by atoms with Crippen molar-refractivity contribution < 1.29 is 9.90 Å². The van der Waals surface area contributed by atoms with Gasteiger partial charge in [-0.1, -0.05) is 0 Å². The molecule has 0 aliphatic heterocycles. The number of carboxylic acids is 1. The molecule has 0 aromatic rings. The average molecular weight is 244 g/mol. The van der Waals surface area contributed by atoms with Gasteiger partial charge in [0.25, 0.3) is 0 Å². The third kappa shape index (κ3) is 8.50. The standard InChI is InChI=1S/C11H24N4O2/c1-3-13-11(14-4-2)15-8-6-5-7-9(12)10(16)17/h9H,3-8,12H2,1-2H3,(H,16,17)(H2,13,14,15)/t9-/m1/s1. The Hall–Kier alpha value is -1.30. The Morgan fingerprint density at radius 1 is 1.29 bits per heavy atom. The van der Waals surface area contributed by atoms with Crippen molar-refractivity contribution in [2.24, 2.45) is 10.7 Å². The van der Waals surface area contributed by atoms with Crippen LogP contribution in [0.25, 0.3) is 0 Å². The molecule has 0 spiro atoms. The van der Waals surface area contributed by atoms with Crippen LogP contribution in [0.1, 0.15) is 33.1 Å². The van der Waals surface area contributed by atoms with Crippen LogP contribution in [0, 0.1) is 0 Å². The van der Waals surface area contributed by atoms with Gasteiger partial charge in [0.2, 0.25) is 0 Å². The lowest BCUT2D eigenvalue weighted by Gasteiger charge is -2.09. The molecule has 6 heteroatoms. The molecule has 0 aromatic heterocycles. The third-order valence-electron chi connectivity index (χ3n) is 2.20. The molecule has 17 heavy (non-hydrogen) atoms. The van der Waals surface area contributed by atoms with E-state index < -0.39 is 12.0 Å². The maximum Gasteiger partial charge on any atom is 0.320 e. The number of unbranched alkanes of at least 4 members (excludes halogenated alkanes) is 1. The Labute approximate surface area is 103 Å². The first kappa shape index (κ1) is 15.7. The molecule has 0 saturated heterocycles. The number of hydrogen-bond donors (Lipinski definition) is 4. The number of nitrogens with two attached hydrogens (primary N) is 1. The molecule has 0 aromatic carbocycles. The number of rotatable bonds is 8. The van der Waals surface area contributed by atoms with Crippen LogP contribution in [-0.2, 0) is 4.79 Å². The first-order valence-corrected chi connectivity index (χ1v) is 6.12. The highest BCUT2D eigenvalue weighted by atomic mass is 16.4. The van der Waals surface area contributed by atoms with Crippen LogP contribution >= 0.6 is 0 Å². The van der Waals surface area contributed by atoms with Crippen molar-refractivity contribution in [3.05, 3.63) is 0 Å². The Morgan fingerprint density at radius 3 is 2.35 bits per heavy atom. The normalized spacial score (nSPS) is 11.7. The molecule has 100 valence electrons. The third-order valence-corrected chi connectivity index (χ3v) is 2.20. The van der Waals surface area contributed by atoms with E-state index in [1.807, 2.05) is 13.8 Å². The van der Waals surface area contributed by atoms with E-state index in [1.165, 1.54) is 0 Å². The zero-order valence-electron chi connectivity index (χ0n) is 10.7. The topological polar surface area (TPSA) is 99.7 Å². The van der Waals surface area contributed by atoms with E-state index >= 15 is 0 Å². The zero-order chi connectivity index (χ0) is 13.1. The summed E-state index contributed by atoms with van der Waals surface area (Å²) in [6.07, 6.45) is 2.13. The Kier molecular flexibility index (Phi) is 9.14. The molecule has 0 bridgehead atoms. The SMILES string of the molecule is CCNC(=NCCCC[C@@H](N)C(=O)O)NCC. The van der Waals surface area contributed by atoms with Crippen molar-refractivity contribution in [2.45, 2.75) is 39.2 Å². The Balaban J connectivity index is 3.71. The average Bonchev–Trinajstić information content (AvgIpc) is 2.28. The summed E-state index contributed by atoms with van der Waals surface area (Å²) < 4.78 is 0. The summed E-state index contributed by atoms with van der Waals surface area (Å²) in [5, 5.41) is 14.8. The quantitative estimate of drug-likeness (QED) is 0.276. The molecule has 0 heterocycles. The lowest BCUT2D eigenvalue weighted by atomic mass is 10.1. The fraction of sp³-hybridized carbons (Fsp3) is 0.818. The maximum absolute atomic E-state index is 10.5. The minimum Gasteiger partial charge on any atom is -0.480 e. The van der Waals surface area contributed by atoms with Crippen LogP contribution in [0.3, 0.4) is 0 Å². The first-order chi connectivity index (χ1) is 8.11. The van der Waals surface area contributed by atoms with Crippen molar-refractivity contribution in [1.29, 1.82) is 0 Å². The second-order valence-corrected chi connectivity index (χ2v) is 3.73. The van der Waals surface area contributed by atoms with E-state index in [0.29, 0.717) is 13.0 Å². The molecule has 5 N–H and O–H groups in total. The van der Waals surface area contributed by atoms with E-state index in [2.05, 4.69) is 15.6 Å². The van der Waals surface area contributed by atoms with Crippen molar-refractivity contribution in [1.82, 2.24) is 10.6 Å². The summed E-state index contributed by atoms with van der Waals surface area (Å²) in [6.45, 7) is 6.37. The number of nitrogens with zero attached hydrogens (tertiary/aromatic N) is 1. The fourth-order valence-electron chi connectivity index (χ4n) is 1.30. The molecular weight excluding hydrogens is 220 g/mol. The van der Waals surface area contributed by atoms with Gasteiger partial charge in [0.1, 0.15) is 6.04 Å². The van der Waals surface area contributed by atoms with Crippen LogP contribution < -0.4 is 16.4 Å². The van der Waals surface area contributed by atoms with Gasteiger partial charge in [0.15, 0.2) is 5.96 Å². The fourth-order valence-corrected chi connectivity index (χ4v) is 1.30. The maximum atomic E-state index is 10.5. The van der Waals surface area contributed by atoms with Gasteiger partial charge in [-0.05, 0) is 33.1 Å². The molecule has 0 aliphatic rings. The Bertz CT molecular complexity index is 236. The first-order valence-electron chi connectivity index (χ1n) is 6.12. The van der Waals surface area contributed by atoms with Gasteiger partial charge in [-0.3, -0.25) is 9.79 Å². The van der Waals surface area contributed by atoms with Crippen molar-refractivity contribution in [3.63, 3.8) is 0 Å². The second kappa shape index (κ2) is 9.89. The van der Waals surface area contributed by atoms with E-state index in [4.69, 9.17) is 10.8 Å². The monoisotopic (exact) mass is 244 g/mol. The highest BCUT2D eigenvalue weighted by Gasteiger charge is 2.09. The number of nitrogens with one attached hydrogen (secondary N) is 2. The number of aliphatic imine (C=N–C) groups is 1.